The summed E-state index contributed by atoms with van der Waals surface area (Å²) in [5.74, 6) is -2.50. The van der Waals surface area contributed by atoms with Gasteiger partial charge >= 0.3 is 11.9 Å². The van der Waals surface area contributed by atoms with Crippen LogP contribution in [0, 0.1) is 0 Å². The van der Waals surface area contributed by atoms with Crippen LogP contribution in [0.3, 0.4) is 0 Å². The first-order valence-corrected chi connectivity index (χ1v) is 6.92. The number of carboxylic acids is 2. The molecule has 4 nitrogen and oxygen atoms in total. The maximum Gasteiger partial charge on any atom is 0.337 e. The minimum atomic E-state index is -1.25. The lowest BCUT2D eigenvalue weighted by atomic mass is 9.93. The van der Waals surface area contributed by atoms with E-state index >= 15 is 0 Å². The molecular weight excluding hydrogens is 324 g/mol. The van der Waals surface area contributed by atoms with Gasteiger partial charge in [0.15, 0.2) is 0 Å². The van der Waals surface area contributed by atoms with Crippen molar-refractivity contribution in [1.29, 1.82) is 0 Å². The normalized spacial score (nSPS) is 10.2. The van der Waals surface area contributed by atoms with E-state index in [0.29, 0.717) is 16.5 Å². The fourth-order valence-electron chi connectivity index (χ4n) is 2.08. The van der Waals surface area contributed by atoms with Crippen LogP contribution in [0.25, 0.3) is 11.1 Å². The summed E-state index contributed by atoms with van der Waals surface area (Å²) in [7, 11) is 0. The van der Waals surface area contributed by atoms with E-state index in [1.165, 1.54) is 6.07 Å². The van der Waals surface area contributed by atoms with Gasteiger partial charge in [0.1, 0.15) is 0 Å². The van der Waals surface area contributed by atoms with Crippen LogP contribution in [0.5, 0.6) is 0 Å². The number of benzene rings is 2. The molecule has 0 heterocycles. The first-order chi connectivity index (χ1) is 9.56. The van der Waals surface area contributed by atoms with Crippen molar-refractivity contribution in [2.75, 3.05) is 0 Å². The highest BCUT2D eigenvalue weighted by molar-refractivity contribution is 9.08. The summed E-state index contributed by atoms with van der Waals surface area (Å²) in [4.78, 5) is 22.6. The molecular formula is C15H11BrO4. The van der Waals surface area contributed by atoms with E-state index < -0.39 is 11.9 Å². The molecule has 0 unspecified atom stereocenters. The van der Waals surface area contributed by atoms with E-state index in [2.05, 4.69) is 15.9 Å². The average molecular weight is 335 g/mol. The fourth-order valence-corrected chi connectivity index (χ4v) is 2.57. The molecule has 2 aromatic carbocycles. The van der Waals surface area contributed by atoms with Crippen LogP contribution < -0.4 is 0 Å². The topological polar surface area (TPSA) is 74.6 Å². The molecule has 0 saturated heterocycles. The van der Waals surface area contributed by atoms with Crippen molar-refractivity contribution in [2.24, 2.45) is 0 Å². The predicted molar refractivity (Wildman–Crippen MR) is 78.4 cm³/mol. The largest absolute Gasteiger partial charge is 0.478 e. The average Bonchev–Trinajstić information content (AvgIpc) is 2.46. The Bertz CT molecular complexity index is 679. The van der Waals surface area contributed by atoms with Gasteiger partial charge in [-0.1, -0.05) is 52.3 Å². The van der Waals surface area contributed by atoms with Gasteiger partial charge in [-0.25, -0.2) is 9.59 Å². The number of hydrogen-bond donors (Lipinski definition) is 2. The number of hydrogen-bond acceptors (Lipinski definition) is 2. The predicted octanol–water partition coefficient (Wildman–Crippen LogP) is 3.64. The van der Waals surface area contributed by atoms with Crippen molar-refractivity contribution in [2.45, 2.75) is 5.33 Å². The number of halogens is 1. The molecule has 0 aliphatic heterocycles. The van der Waals surface area contributed by atoms with Crippen LogP contribution in [-0.4, -0.2) is 22.2 Å². The standard InChI is InChI=1S/C15H11BrO4/c16-8-9-4-1-2-5-10(9)11-6-3-7-12(14(17)18)13(11)15(19)20/h1-7H,8H2,(H,17,18)(H,19,20). The summed E-state index contributed by atoms with van der Waals surface area (Å²) in [6.45, 7) is 0. The van der Waals surface area contributed by atoms with Gasteiger partial charge in [-0.3, -0.25) is 0 Å². The van der Waals surface area contributed by atoms with E-state index in [1.807, 2.05) is 12.1 Å². The number of alkyl halides is 1. The van der Waals surface area contributed by atoms with Gasteiger partial charge < -0.3 is 10.2 Å². The van der Waals surface area contributed by atoms with Gasteiger partial charge in [0, 0.05) is 5.33 Å². The number of carboxylic acid groups (broad SMARTS) is 2. The fraction of sp³-hybridized carbons (Fsp3) is 0.0667. The van der Waals surface area contributed by atoms with Gasteiger partial charge in [0.25, 0.3) is 0 Å². The Hall–Kier alpha value is -2.14. The zero-order valence-corrected chi connectivity index (χ0v) is 11.9. The van der Waals surface area contributed by atoms with Crippen LogP contribution >= 0.6 is 15.9 Å². The zero-order chi connectivity index (χ0) is 14.7. The van der Waals surface area contributed by atoms with Gasteiger partial charge in [-0.05, 0) is 22.8 Å². The highest BCUT2D eigenvalue weighted by atomic mass is 79.9. The Labute approximate surface area is 123 Å². The number of rotatable bonds is 4. The van der Waals surface area contributed by atoms with Crippen LogP contribution in [0.15, 0.2) is 42.5 Å². The minimum Gasteiger partial charge on any atom is -0.478 e. The molecule has 2 rings (SSSR count). The lowest BCUT2D eigenvalue weighted by molar-refractivity contribution is 0.0652. The van der Waals surface area contributed by atoms with Crippen molar-refractivity contribution < 1.29 is 19.8 Å². The Morgan fingerprint density at radius 1 is 0.900 bits per heavy atom. The minimum absolute atomic E-state index is 0.187. The molecule has 0 aromatic heterocycles. The van der Waals surface area contributed by atoms with Crippen molar-refractivity contribution >= 4 is 27.9 Å². The maximum absolute atomic E-state index is 11.4. The summed E-state index contributed by atoms with van der Waals surface area (Å²) in [5, 5.41) is 19.0. The van der Waals surface area contributed by atoms with E-state index in [-0.39, 0.29) is 11.1 Å². The highest BCUT2D eigenvalue weighted by Gasteiger charge is 2.21. The Morgan fingerprint density at radius 3 is 2.15 bits per heavy atom. The van der Waals surface area contributed by atoms with Crippen molar-refractivity contribution in [3.05, 3.63) is 59.2 Å². The van der Waals surface area contributed by atoms with Crippen LogP contribution in [-0.2, 0) is 5.33 Å². The molecule has 0 amide bonds. The molecule has 0 saturated carbocycles. The van der Waals surface area contributed by atoms with E-state index in [0.717, 1.165) is 5.56 Å². The molecule has 0 radical (unpaired) electrons. The number of aromatic carboxylic acids is 2. The monoisotopic (exact) mass is 334 g/mol. The summed E-state index contributed by atoms with van der Waals surface area (Å²) in [5.41, 5.74) is 1.63. The first-order valence-electron chi connectivity index (χ1n) is 5.80. The second-order valence-corrected chi connectivity index (χ2v) is 4.69. The molecule has 5 heteroatoms. The SMILES string of the molecule is O=C(O)c1cccc(-c2ccccc2CBr)c1C(=O)O. The lowest BCUT2D eigenvalue weighted by Gasteiger charge is -2.12. The Morgan fingerprint density at radius 2 is 1.55 bits per heavy atom. The lowest BCUT2D eigenvalue weighted by Crippen LogP contribution is -2.10. The third-order valence-corrected chi connectivity index (χ3v) is 3.56. The third kappa shape index (κ3) is 2.58. The van der Waals surface area contributed by atoms with Crippen LogP contribution in [0.1, 0.15) is 26.3 Å². The molecule has 102 valence electrons. The van der Waals surface area contributed by atoms with Gasteiger partial charge in [-0.2, -0.15) is 0 Å². The van der Waals surface area contributed by atoms with E-state index in [1.54, 1.807) is 24.3 Å². The third-order valence-electron chi connectivity index (χ3n) is 2.96. The van der Waals surface area contributed by atoms with Crippen LogP contribution in [0.2, 0.25) is 0 Å². The highest BCUT2D eigenvalue weighted by Crippen LogP contribution is 2.30. The van der Waals surface area contributed by atoms with Crippen molar-refractivity contribution in [3.8, 4) is 11.1 Å². The molecule has 20 heavy (non-hydrogen) atoms. The molecule has 2 aromatic rings. The molecule has 0 spiro atoms. The summed E-state index contributed by atoms with van der Waals surface area (Å²) in [6, 6.07) is 11.8. The molecule has 0 atom stereocenters. The Balaban J connectivity index is 2.77. The second-order valence-electron chi connectivity index (χ2n) is 4.13. The van der Waals surface area contributed by atoms with Crippen molar-refractivity contribution in [1.82, 2.24) is 0 Å². The van der Waals surface area contributed by atoms with E-state index in [4.69, 9.17) is 5.11 Å². The molecule has 2 N–H and O–H groups in total. The maximum atomic E-state index is 11.4. The zero-order valence-electron chi connectivity index (χ0n) is 10.3. The molecule has 0 aliphatic rings. The van der Waals surface area contributed by atoms with E-state index in [9.17, 15) is 14.7 Å². The first kappa shape index (κ1) is 14.3. The smallest absolute Gasteiger partial charge is 0.337 e. The van der Waals surface area contributed by atoms with Crippen LogP contribution in [0.4, 0.5) is 0 Å². The van der Waals surface area contributed by atoms with Crippen molar-refractivity contribution in [3.63, 3.8) is 0 Å². The van der Waals surface area contributed by atoms with Gasteiger partial charge in [0.05, 0.1) is 11.1 Å². The second kappa shape index (κ2) is 5.88. The van der Waals surface area contributed by atoms with Gasteiger partial charge in [-0.15, -0.1) is 0 Å². The Kier molecular flexibility index (Phi) is 4.20. The van der Waals surface area contributed by atoms with Gasteiger partial charge in [0.2, 0.25) is 0 Å². The quantitative estimate of drug-likeness (QED) is 0.837. The molecule has 0 bridgehead atoms. The molecule has 0 fully saturated rings. The summed E-state index contributed by atoms with van der Waals surface area (Å²) < 4.78 is 0. The number of carbonyl (C=O) groups is 2. The molecule has 0 aliphatic carbocycles. The summed E-state index contributed by atoms with van der Waals surface area (Å²) >= 11 is 3.35. The summed E-state index contributed by atoms with van der Waals surface area (Å²) in [6.07, 6.45) is 0.